The molecule has 0 saturated carbocycles. The van der Waals surface area contributed by atoms with Crippen molar-refractivity contribution >= 4 is 21.4 Å². The number of aromatic nitrogens is 1. The zero-order valence-electron chi connectivity index (χ0n) is 14.4. The average molecular weight is 428 g/mol. The van der Waals surface area contributed by atoms with Crippen LogP contribution in [0.25, 0.3) is 10.8 Å². The minimum Gasteiger partial charge on any atom is -0.444 e. The van der Waals surface area contributed by atoms with E-state index in [1.807, 2.05) is 11.4 Å². The number of sulfonamides is 1. The molecule has 0 atom stereocenters. The van der Waals surface area contributed by atoms with Gasteiger partial charge in [0.1, 0.15) is 6.26 Å². The highest BCUT2D eigenvalue weighted by Crippen LogP contribution is 2.31. The fraction of sp³-hybridized carbons (Fsp3) is 0.167. The summed E-state index contributed by atoms with van der Waals surface area (Å²) in [5.74, 6) is 0.347. The molecule has 0 amide bonds. The molecule has 2 heterocycles. The first-order valence-electron chi connectivity index (χ1n) is 7.98. The maximum atomic E-state index is 12.9. The standard InChI is InChI=1S/C18H15F3N2O3S2/c1-2-8-23(11-14-12-26-17(22-14)16-7-4-9-27-16)28(24,25)15-6-3-5-13(10-15)18(19,20)21/h2-7,9-10,12H,1,8,11H2. The third-order valence-corrected chi connectivity index (χ3v) is 6.42. The third kappa shape index (κ3) is 4.34. The maximum Gasteiger partial charge on any atom is 0.416 e. The van der Waals surface area contributed by atoms with Crippen LogP contribution in [-0.4, -0.2) is 24.3 Å². The third-order valence-electron chi connectivity index (χ3n) is 3.75. The molecule has 5 nitrogen and oxygen atoms in total. The van der Waals surface area contributed by atoms with Gasteiger partial charge in [-0.15, -0.1) is 17.9 Å². The second-order valence-electron chi connectivity index (χ2n) is 5.73. The van der Waals surface area contributed by atoms with Crippen molar-refractivity contribution in [2.45, 2.75) is 17.6 Å². The van der Waals surface area contributed by atoms with E-state index in [0.29, 0.717) is 17.7 Å². The quantitative estimate of drug-likeness (QED) is 0.507. The molecule has 10 heteroatoms. The molecule has 28 heavy (non-hydrogen) atoms. The van der Waals surface area contributed by atoms with Crippen LogP contribution in [0.1, 0.15) is 11.3 Å². The lowest BCUT2D eigenvalue weighted by molar-refractivity contribution is -0.137. The summed E-state index contributed by atoms with van der Waals surface area (Å²) in [6, 6.07) is 7.26. The summed E-state index contributed by atoms with van der Waals surface area (Å²) in [4.78, 5) is 4.59. The first kappa shape index (κ1) is 20.3. The minimum atomic E-state index is -4.64. The number of hydrogen-bond acceptors (Lipinski definition) is 5. The topological polar surface area (TPSA) is 63.4 Å². The molecule has 0 N–H and O–H groups in total. The van der Waals surface area contributed by atoms with Gasteiger partial charge in [0.05, 0.1) is 27.6 Å². The summed E-state index contributed by atoms with van der Waals surface area (Å²) in [7, 11) is -4.21. The van der Waals surface area contributed by atoms with Crippen LogP contribution < -0.4 is 0 Å². The van der Waals surface area contributed by atoms with E-state index in [4.69, 9.17) is 4.42 Å². The van der Waals surface area contributed by atoms with Crippen molar-refractivity contribution in [3.8, 4) is 10.8 Å². The Morgan fingerprint density at radius 2 is 2.04 bits per heavy atom. The van der Waals surface area contributed by atoms with Crippen LogP contribution in [0.15, 0.2) is 70.0 Å². The molecule has 0 bridgehead atoms. The minimum absolute atomic E-state index is 0.0974. The van der Waals surface area contributed by atoms with Crippen LogP contribution in [0.3, 0.4) is 0 Å². The molecule has 0 fully saturated rings. The highest BCUT2D eigenvalue weighted by Gasteiger charge is 2.33. The van der Waals surface area contributed by atoms with Crippen LogP contribution >= 0.6 is 11.3 Å². The zero-order chi connectivity index (χ0) is 20.4. The van der Waals surface area contributed by atoms with Gasteiger partial charge in [0, 0.05) is 6.54 Å². The molecule has 1 aromatic carbocycles. The van der Waals surface area contributed by atoms with Gasteiger partial charge in [0.15, 0.2) is 0 Å². The van der Waals surface area contributed by atoms with Crippen molar-refractivity contribution < 1.29 is 26.0 Å². The van der Waals surface area contributed by atoms with Crippen molar-refractivity contribution in [1.82, 2.24) is 9.29 Å². The Kier molecular flexibility index (Phi) is 5.73. The molecule has 2 aromatic heterocycles. The monoisotopic (exact) mass is 428 g/mol. The second kappa shape index (κ2) is 7.90. The van der Waals surface area contributed by atoms with Gasteiger partial charge in [0.2, 0.25) is 15.9 Å². The first-order valence-corrected chi connectivity index (χ1v) is 10.3. The molecule has 0 aliphatic carbocycles. The number of nitrogens with zero attached hydrogens (tertiary/aromatic N) is 2. The molecular weight excluding hydrogens is 413 g/mol. The van der Waals surface area contributed by atoms with Crippen molar-refractivity contribution in [2.75, 3.05) is 6.54 Å². The van der Waals surface area contributed by atoms with E-state index in [1.54, 1.807) is 6.07 Å². The Labute approximate surface area is 163 Å². The lowest BCUT2D eigenvalue weighted by Gasteiger charge is -2.20. The van der Waals surface area contributed by atoms with Gasteiger partial charge >= 0.3 is 6.18 Å². The van der Waals surface area contributed by atoms with Crippen molar-refractivity contribution in [2.24, 2.45) is 0 Å². The first-order chi connectivity index (χ1) is 13.2. The smallest absolute Gasteiger partial charge is 0.416 e. The SMILES string of the molecule is C=CCN(Cc1coc(-c2cccs2)n1)S(=O)(=O)c1cccc(C(F)(F)F)c1. The van der Waals surface area contributed by atoms with Crippen LogP contribution in [0.5, 0.6) is 0 Å². The summed E-state index contributed by atoms with van der Waals surface area (Å²) in [6.07, 6.45) is -1.96. The van der Waals surface area contributed by atoms with E-state index < -0.39 is 26.7 Å². The van der Waals surface area contributed by atoms with Gasteiger partial charge in [-0.25, -0.2) is 13.4 Å². The number of rotatable bonds is 7. The molecule has 0 radical (unpaired) electrons. The van der Waals surface area contributed by atoms with Crippen LogP contribution in [0, 0.1) is 0 Å². The van der Waals surface area contributed by atoms with Crippen LogP contribution in [0.2, 0.25) is 0 Å². The average Bonchev–Trinajstić information content (AvgIpc) is 3.32. The van der Waals surface area contributed by atoms with Gasteiger partial charge in [-0.2, -0.15) is 17.5 Å². The maximum absolute atomic E-state index is 12.9. The summed E-state index contributed by atoms with van der Waals surface area (Å²) in [5, 5.41) is 1.85. The number of halogens is 3. The number of thiophene rings is 1. The lowest BCUT2D eigenvalue weighted by atomic mass is 10.2. The number of benzene rings is 1. The number of hydrogen-bond donors (Lipinski definition) is 0. The van der Waals surface area contributed by atoms with Gasteiger partial charge in [-0.05, 0) is 29.6 Å². The summed E-state index contributed by atoms with van der Waals surface area (Å²) >= 11 is 1.41. The lowest BCUT2D eigenvalue weighted by Crippen LogP contribution is -2.31. The molecular formula is C18H15F3N2O3S2. The fourth-order valence-corrected chi connectivity index (χ4v) is 4.53. The van der Waals surface area contributed by atoms with Crippen molar-refractivity contribution in [1.29, 1.82) is 0 Å². The van der Waals surface area contributed by atoms with E-state index in [-0.39, 0.29) is 13.1 Å². The number of oxazole rings is 1. The van der Waals surface area contributed by atoms with E-state index in [1.165, 1.54) is 23.7 Å². The van der Waals surface area contributed by atoms with E-state index in [2.05, 4.69) is 11.6 Å². The molecule has 0 unspecified atom stereocenters. The Hall–Kier alpha value is -2.43. The summed E-state index contributed by atoms with van der Waals surface area (Å²) in [6.45, 7) is 3.26. The Balaban J connectivity index is 1.90. The predicted molar refractivity (Wildman–Crippen MR) is 99.1 cm³/mol. The predicted octanol–water partition coefficient (Wildman–Crippen LogP) is 4.80. The molecule has 0 aliphatic heterocycles. The molecule has 0 spiro atoms. The van der Waals surface area contributed by atoms with E-state index in [0.717, 1.165) is 27.4 Å². The highest BCUT2D eigenvalue weighted by atomic mass is 32.2. The van der Waals surface area contributed by atoms with Crippen LogP contribution in [-0.2, 0) is 22.7 Å². The van der Waals surface area contributed by atoms with Gasteiger partial charge in [0.25, 0.3) is 0 Å². The summed E-state index contributed by atoms with van der Waals surface area (Å²) < 4.78 is 71.0. The van der Waals surface area contributed by atoms with Gasteiger partial charge < -0.3 is 4.42 Å². The molecule has 0 aliphatic rings. The Morgan fingerprint density at radius 3 is 2.68 bits per heavy atom. The normalized spacial score (nSPS) is 12.4. The molecule has 148 valence electrons. The summed E-state index contributed by atoms with van der Waals surface area (Å²) in [5.41, 5.74) is -0.700. The number of alkyl halides is 3. The largest absolute Gasteiger partial charge is 0.444 e. The van der Waals surface area contributed by atoms with Gasteiger partial charge in [-0.3, -0.25) is 0 Å². The van der Waals surface area contributed by atoms with E-state index >= 15 is 0 Å². The van der Waals surface area contributed by atoms with Gasteiger partial charge in [-0.1, -0.05) is 18.2 Å². The molecule has 3 rings (SSSR count). The Morgan fingerprint density at radius 1 is 1.25 bits per heavy atom. The molecule has 0 saturated heterocycles. The van der Waals surface area contributed by atoms with Crippen molar-refractivity contribution in [3.05, 3.63) is 72.0 Å². The molecule has 3 aromatic rings. The Bertz CT molecular complexity index is 1060. The fourth-order valence-electron chi connectivity index (χ4n) is 2.45. The second-order valence-corrected chi connectivity index (χ2v) is 8.62. The zero-order valence-corrected chi connectivity index (χ0v) is 16.0. The highest BCUT2D eigenvalue weighted by molar-refractivity contribution is 7.89. The van der Waals surface area contributed by atoms with Crippen molar-refractivity contribution in [3.63, 3.8) is 0 Å². The van der Waals surface area contributed by atoms with E-state index in [9.17, 15) is 21.6 Å². The van der Waals surface area contributed by atoms with Crippen LogP contribution in [0.4, 0.5) is 13.2 Å².